The van der Waals surface area contributed by atoms with Crippen LogP contribution in [0.25, 0.3) is 0 Å². The summed E-state index contributed by atoms with van der Waals surface area (Å²) < 4.78 is 5.32. The Morgan fingerprint density at radius 1 is 1.26 bits per heavy atom. The topological polar surface area (TPSA) is 95.9 Å². The summed E-state index contributed by atoms with van der Waals surface area (Å²) in [5.41, 5.74) is 1.87. The van der Waals surface area contributed by atoms with Gasteiger partial charge in [0.2, 0.25) is 5.91 Å². The van der Waals surface area contributed by atoms with Gasteiger partial charge in [0.15, 0.2) is 6.61 Å². The molecule has 1 aromatic rings. The Morgan fingerprint density at radius 3 is 2.52 bits per heavy atom. The Balaban J connectivity index is 1.71. The van der Waals surface area contributed by atoms with Gasteiger partial charge in [-0.05, 0) is 55.9 Å². The molecule has 2 N–H and O–H groups in total. The summed E-state index contributed by atoms with van der Waals surface area (Å²) in [6.45, 7) is 3.82. The maximum absolute atomic E-state index is 13.0. The van der Waals surface area contributed by atoms with Crippen LogP contribution in [0.3, 0.4) is 0 Å². The van der Waals surface area contributed by atoms with Crippen LogP contribution < -0.4 is 10.1 Å². The molecule has 2 aliphatic rings. The average Bonchev–Trinajstić information content (AvgIpc) is 3.31. The van der Waals surface area contributed by atoms with E-state index in [9.17, 15) is 14.4 Å². The van der Waals surface area contributed by atoms with Gasteiger partial charge >= 0.3 is 5.97 Å². The third-order valence-corrected chi connectivity index (χ3v) is 5.77. The molecule has 2 amide bonds. The largest absolute Gasteiger partial charge is 0.481 e. The quantitative estimate of drug-likeness (QED) is 0.735. The van der Waals surface area contributed by atoms with Crippen molar-refractivity contribution >= 4 is 29.5 Å². The highest BCUT2D eigenvalue weighted by Gasteiger charge is 2.36. The minimum Gasteiger partial charge on any atom is -0.481 e. The first-order chi connectivity index (χ1) is 12.9. The number of thioether (sulfide) groups is 1. The van der Waals surface area contributed by atoms with Crippen LogP contribution in [0.2, 0.25) is 0 Å². The van der Waals surface area contributed by atoms with Crippen LogP contribution >= 0.6 is 11.8 Å². The molecule has 0 spiro atoms. The molecule has 1 aromatic carbocycles. The van der Waals surface area contributed by atoms with Crippen molar-refractivity contribution in [2.75, 3.05) is 24.8 Å². The number of ether oxygens (including phenoxy) is 1. The van der Waals surface area contributed by atoms with Gasteiger partial charge in [0.05, 0.1) is 5.88 Å². The maximum Gasteiger partial charge on any atom is 0.341 e. The Morgan fingerprint density at radius 2 is 1.93 bits per heavy atom. The Kier molecular flexibility index (Phi) is 5.94. The van der Waals surface area contributed by atoms with E-state index in [0.29, 0.717) is 46.5 Å². The lowest BCUT2D eigenvalue weighted by molar-refractivity contribution is -0.139. The molecule has 1 saturated heterocycles. The first-order valence-corrected chi connectivity index (χ1v) is 10.1. The van der Waals surface area contributed by atoms with Gasteiger partial charge in [0.25, 0.3) is 5.91 Å². The Hall–Kier alpha value is -2.22. The van der Waals surface area contributed by atoms with Gasteiger partial charge in [-0.3, -0.25) is 9.59 Å². The standard InChI is InChI=1S/C19H24N2O5S/c1-11-5-14(6-12(2)17(11)26-8-16(22)23)19(25)21-10-27-9-15(21)18(24)20-7-13-3-4-13/h5-6,13,15H,3-4,7-10H2,1-2H3,(H,20,24)(H,22,23). The van der Waals surface area contributed by atoms with Gasteiger partial charge in [-0.25, -0.2) is 4.79 Å². The summed E-state index contributed by atoms with van der Waals surface area (Å²) in [5, 5.41) is 11.7. The van der Waals surface area contributed by atoms with Gasteiger partial charge in [0, 0.05) is 17.9 Å². The third kappa shape index (κ3) is 4.74. The highest BCUT2D eigenvalue weighted by molar-refractivity contribution is 7.99. The van der Waals surface area contributed by atoms with Crippen molar-refractivity contribution < 1.29 is 24.2 Å². The zero-order chi connectivity index (χ0) is 19.6. The maximum atomic E-state index is 13.0. The lowest BCUT2D eigenvalue weighted by atomic mass is 10.0. The normalized spacial score (nSPS) is 19.0. The van der Waals surface area contributed by atoms with Gasteiger partial charge in [-0.1, -0.05) is 0 Å². The molecule has 27 heavy (non-hydrogen) atoms. The number of carboxylic acid groups (broad SMARTS) is 1. The number of aliphatic carboxylic acids is 1. The van der Waals surface area contributed by atoms with Gasteiger partial charge in [-0.2, -0.15) is 0 Å². The van der Waals surface area contributed by atoms with Crippen molar-refractivity contribution in [3.63, 3.8) is 0 Å². The van der Waals surface area contributed by atoms with E-state index < -0.39 is 18.6 Å². The van der Waals surface area contributed by atoms with E-state index in [1.54, 1.807) is 42.6 Å². The monoisotopic (exact) mass is 392 g/mol. The second-order valence-electron chi connectivity index (χ2n) is 7.10. The smallest absolute Gasteiger partial charge is 0.341 e. The van der Waals surface area contributed by atoms with Crippen molar-refractivity contribution in [2.45, 2.75) is 32.7 Å². The summed E-state index contributed by atoms with van der Waals surface area (Å²) >= 11 is 1.57. The molecular formula is C19H24N2O5S. The van der Waals surface area contributed by atoms with Crippen molar-refractivity contribution in [1.82, 2.24) is 10.2 Å². The number of amides is 2. The summed E-state index contributed by atoms with van der Waals surface area (Å²) in [6, 6.07) is 2.92. The number of benzene rings is 1. The molecule has 1 heterocycles. The van der Waals surface area contributed by atoms with E-state index >= 15 is 0 Å². The fourth-order valence-electron chi connectivity index (χ4n) is 3.15. The molecular weight excluding hydrogens is 368 g/mol. The minimum absolute atomic E-state index is 0.0879. The van der Waals surface area contributed by atoms with E-state index in [1.165, 1.54) is 0 Å². The lowest BCUT2D eigenvalue weighted by Crippen LogP contribution is -2.47. The SMILES string of the molecule is Cc1cc(C(=O)N2CSCC2C(=O)NCC2CC2)cc(C)c1OCC(=O)O. The molecule has 0 bridgehead atoms. The molecule has 1 atom stereocenters. The van der Waals surface area contributed by atoms with Crippen LogP contribution in [0, 0.1) is 19.8 Å². The predicted octanol–water partition coefficient (Wildman–Crippen LogP) is 1.81. The van der Waals surface area contributed by atoms with Crippen molar-refractivity contribution in [1.29, 1.82) is 0 Å². The highest BCUT2D eigenvalue weighted by atomic mass is 32.2. The first kappa shape index (κ1) is 19.5. The summed E-state index contributed by atoms with van der Waals surface area (Å²) in [7, 11) is 0. The van der Waals surface area contributed by atoms with Crippen molar-refractivity contribution in [3.8, 4) is 5.75 Å². The molecule has 3 rings (SSSR count). The molecule has 1 unspecified atom stereocenters. The molecule has 1 saturated carbocycles. The summed E-state index contributed by atoms with van der Waals surface area (Å²) in [6.07, 6.45) is 2.33. The van der Waals surface area contributed by atoms with Crippen molar-refractivity contribution in [3.05, 3.63) is 28.8 Å². The molecule has 7 nitrogen and oxygen atoms in total. The zero-order valence-electron chi connectivity index (χ0n) is 15.5. The molecule has 1 aliphatic carbocycles. The number of hydrogen-bond acceptors (Lipinski definition) is 5. The number of rotatable bonds is 7. The number of carbonyl (C=O) groups is 3. The van der Waals surface area contributed by atoms with E-state index in [0.717, 1.165) is 12.8 Å². The minimum atomic E-state index is -1.05. The van der Waals surface area contributed by atoms with Crippen molar-refractivity contribution in [2.24, 2.45) is 5.92 Å². The van der Waals surface area contributed by atoms with Gasteiger partial charge in [-0.15, -0.1) is 11.8 Å². The van der Waals surface area contributed by atoms with Crippen LogP contribution in [0.15, 0.2) is 12.1 Å². The Labute approximate surface area is 162 Å². The second kappa shape index (κ2) is 8.21. The van der Waals surface area contributed by atoms with E-state index in [4.69, 9.17) is 9.84 Å². The van der Waals surface area contributed by atoms with Crippen LogP contribution in [-0.2, 0) is 9.59 Å². The number of hydrogen-bond donors (Lipinski definition) is 2. The van der Waals surface area contributed by atoms with E-state index in [2.05, 4.69) is 5.32 Å². The first-order valence-electron chi connectivity index (χ1n) is 8.99. The average molecular weight is 392 g/mol. The fraction of sp³-hybridized carbons (Fsp3) is 0.526. The van der Waals surface area contributed by atoms with Gasteiger partial charge < -0.3 is 20.1 Å². The van der Waals surface area contributed by atoms with Crippen LogP contribution in [0.4, 0.5) is 0 Å². The predicted molar refractivity (Wildman–Crippen MR) is 102 cm³/mol. The molecule has 0 radical (unpaired) electrons. The molecule has 0 aromatic heterocycles. The molecule has 8 heteroatoms. The number of aryl methyl sites for hydroxylation is 2. The van der Waals surface area contributed by atoms with Crippen LogP contribution in [0.5, 0.6) is 5.75 Å². The second-order valence-corrected chi connectivity index (χ2v) is 8.10. The van der Waals surface area contributed by atoms with Crippen LogP contribution in [0.1, 0.15) is 34.3 Å². The molecule has 1 aliphatic heterocycles. The summed E-state index contributed by atoms with van der Waals surface area (Å²) in [4.78, 5) is 37.8. The zero-order valence-corrected chi connectivity index (χ0v) is 16.3. The molecule has 146 valence electrons. The number of carbonyl (C=O) groups excluding carboxylic acids is 2. The van der Waals surface area contributed by atoms with E-state index in [1.807, 2.05) is 0 Å². The summed E-state index contributed by atoms with van der Waals surface area (Å²) in [5.74, 6) is 0.815. The number of nitrogens with zero attached hydrogens (tertiary/aromatic N) is 1. The van der Waals surface area contributed by atoms with Gasteiger partial charge in [0.1, 0.15) is 11.8 Å². The third-order valence-electron chi connectivity index (χ3n) is 4.75. The molecule has 2 fully saturated rings. The fourth-order valence-corrected chi connectivity index (χ4v) is 4.30. The van der Waals surface area contributed by atoms with Crippen LogP contribution in [-0.4, -0.2) is 58.6 Å². The number of carboxylic acids is 1. The highest BCUT2D eigenvalue weighted by Crippen LogP contribution is 2.30. The Bertz CT molecular complexity index is 739. The number of nitrogens with one attached hydrogen (secondary N) is 1. The van der Waals surface area contributed by atoms with E-state index in [-0.39, 0.29) is 11.8 Å². The lowest BCUT2D eigenvalue weighted by Gasteiger charge is -2.24.